The second kappa shape index (κ2) is 7.13. The highest BCUT2D eigenvalue weighted by Crippen LogP contribution is 2.21. The van der Waals surface area contributed by atoms with Crippen molar-refractivity contribution in [1.82, 2.24) is 15.3 Å². The molecule has 0 bridgehead atoms. The molecule has 2 aromatic rings. The van der Waals surface area contributed by atoms with Crippen LogP contribution in [0.3, 0.4) is 0 Å². The summed E-state index contributed by atoms with van der Waals surface area (Å²) in [5, 5.41) is 3.33. The fourth-order valence-electron chi connectivity index (χ4n) is 1.96. The number of nitrogens with zero attached hydrogens (tertiary/aromatic N) is 3. The van der Waals surface area contributed by atoms with E-state index in [1.54, 1.807) is 12.1 Å². The highest BCUT2D eigenvalue weighted by atomic mass is 19.1. The summed E-state index contributed by atoms with van der Waals surface area (Å²) in [6, 6.07) is 6.78. The highest BCUT2D eigenvalue weighted by molar-refractivity contribution is 5.56. The highest BCUT2D eigenvalue weighted by Gasteiger charge is 2.10. The Balaban J connectivity index is 2.13. The zero-order valence-corrected chi connectivity index (χ0v) is 12.7. The van der Waals surface area contributed by atoms with E-state index in [-0.39, 0.29) is 5.82 Å². The molecule has 0 amide bonds. The van der Waals surface area contributed by atoms with Gasteiger partial charge in [-0.2, -0.15) is 0 Å². The molecule has 0 saturated carbocycles. The largest absolute Gasteiger partial charge is 0.311 e. The summed E-state index contributed by atoms with van der Waals surface area (Å²) in [5.41, 5.74) is 1.93. The summed E-state index contributed by atoms with van der Waals surface area (Å²) in [5.74, 6) is 0.378. The average Bonchev–Trinajstić information content (AvgIpc) is 2.49. The molecular formula is C16H21FN4. The Kier molecular flexibility index (Phi) is 5.22. The summed E-state index contributed by atoms with van der Waals surface area (Å²) in [6.45, 7) is 7.68. The molecule has 0 spiro atoms. The topological polar surface area (TPSA) is 41.1 Å². The van der Waals surface area contributed by atoms with Crippen LogP contribution in [-0.2, 0) is 6.54 Å². The maximum Gasteiger partial charge on any atom is 0.229 e. The van der Waals surface area contributed by atoms with Gasteiger partial charge in [-0.05, 0) is 31.2 Å². The van der Waals surface area contributed by atoms with Crippen molar-refractivity contribution in [3.05, 3.63) is 48.0 Å². The normalized spacial score (nSPS) is 10.9. The van der Waals surface area contributed by atoms with Gasteiger partial charge in [-0.1, -0.05) is 13.8 Å². The van der Waals surface area contributed by atoms with E-state index in [0.29, 0.717) is 12.0 Å². The number of rotatable bonds is 6. The lowest BCUT2D eigenvalue weighted by molar-refractivity contribution is 0.586. The molecule has 0 saturated heterocycles. The number of hydrogen-bond acceptors (Lipinski definition) is 4. The molecule has 5 heteroatoms. The second-order valence-corrected chi connectivity index (χ2v) is 5.15. The lowest BCUT2D eigenvalue weighted by Crippen LogP contribution is -2.23. The lowest BCUT2D eigenvalue weighted by atomic mass is 10.3. The van der Waals surface area contributed by atoms with Crippen molar-refractivity contribution in [3.63, 3.8) is 0 Å². The average molecular weight is 288 g/mol. The van der Waals surface area contributed by atoms with Gasteiger partial charge in [0.15, 0.2) is 0 Å². The van der Waals surface area contributed by atoms with Crippen molar-refractivity contribution in [2.24, 2.45) is 0 Å². The lowest BCUT2D eigenvalue weighted by Gasteiger charge is -2.21. The molecule has 1 aromatic heterocycles. The van der Waals surface area contributed by atoms with E-state index in [0.717, 1.165) is 24.3 Å². The zero-order chi connectivity index (χ0) is 15.2. The summed E-state index contributed by atoms with van der Waals surface area (Å²) in [7, 11) is 0. The minimum atomic E-state index is -0.245. The molecule has 0 unspecified atom stereocenters. The van der Waals surface area contributed by atoms with Crippen LogP contribution in [0, 0.1) is 5.82 Å². The minimum Gasteiger partial charge on any atom is -0.311 e. The number of aromatic nitrogens is 2. The molecule has 4 nitrogen and oxygen atoms in total. The van der Waals surface area contributed by atoms with Gasteiger partial charge in [-0.3, -0.25) is 0 Å². The van der Waals surface area contributed by atoms with Gasteiger partial charge in [0.2, 0.25) is 5.95 Å². The van der Waals surface area contributed by atoms with Gasteiger partial charge in [0.1, 0.15) is 5.82 Å². The molecule has 0 atom stereocenters. The van der Waals surface area contributed by atoms with Crippen molar-refractivity contribution >= 4 is 11.6 Å². The molecule has 0 aliphatic heterocycles. The fourth-order valence-corrected chi connectivity index (χ4v) is 1.96. The van der Waals surface area contributed by atoms with E-state index in [9.17, 15) is 4.39 Å². The van der Waals surface area contributed by atoms with Crippen LogP contribution in [0.15, 0.2) is 36.7 Å². The fraction of sp³-hybridized carbons (Fsp3) is 0.375. The summed E-state index contributed by atoms with van der Waals surface area (Å²) >= 11 is 0. The predicted octanol–water partition coefficient (Wildman–Crippen LogP) is 3.27. The number of hydrogen-bond donors (Lipinski definition) is 1. The smallest absolute Gasteiger partial charge is 0.229 e. The predicted molar refractivity (Wildman–Crippen MR) is 83.1 cm³/mol. The van der Waals surface area contributed by atoms with Gasteiger partial charge in [-0.25, -0.2) is 14.4 Å². The van der Waals surface area contributed by atoms with Gasteiger partial charge < -0.3 is 10.2 Å². The maximum absolute atomic E-state index is 13.0. The van der Waals surface area contributed by atoms with Crippen molar-refractivity contribution in [3.8, 4) is 0 Å². The third kappa shape index (κ3) is 4.23. The molecule has 0 aliphatic carbocycles. The zero-order valence-electron chi connectivity index (χ0n) is 12.7. The standard InChI is InChI=1S/C16H21FN4/c1-4-21(15-7-5-14(17)6-8-15)16-19-10-13(11-20-16)9-18-12(2)3/h5-8,10-12,18H,4,9H2,1-3H3. The first-order valence-electron chi connectivity index (χ1n) is 7.17. The third-order valence-corrected chi connectivity index (χ3v) is 3.10. The monoisotopic (exact) mass is 288 g/mol. The maximum atomic E-state index is 13.0. The van der Waals surface area contributed by atoms with Crippen LogP contribution >= 0.6 is 0 Å². The summed E-state index contributed by atoms with van der Waals surface area (Å²) in [6.07, 6.45) is 3.65. The Morgan fingerprint density at radius 1 is 1.14 bits per heavy atom. The quantitative estimate of drug-likeness (QED) is 0.885. The Labute approximate surface area is 125 Å². The van der Waals surface area contributed by atoms with Gasteiger partial charge in [0.25, 0.3) is 0 Å². The van der Waals surface area contributed by atoms with Crippen LogP contribution in [0.1, 0.15) is 26.3 Å². The molecule has 1 N–H and O–H groups in total. The first-order chi connectivity index (χ1) is 10.1. The van der Waals surface area contributed by atoms with Crippen LogP contribution in [0.4, 0.5) is 16.0 Å². The number of benzene rings is 1. The minimum absolute atomic E-state index is 0.245. The Bertz CT molecular complexity index is 551. The van der Waals surface area contributed by atoms with Crippen molar-refractivity contribution in [2.75, 3.05) is 11.4 Å². The Morgan fingerprint density at radius 3 is 2.29 bits per heavy atom. The molecular weight excluding hydrogens is 267 g/mol. The van der Waals surface area contributed by atoms with E-state index >= 15 is 0 Å². The van der Waals surface area contributed by atoms with Crippen LogP contribution in [0.2, 0.25) is 0 Å². The van der Waals surface area contributed by atoms with Crippen molar-refractivity contribution in [2.45, 2.75) is 33.4 Å². The summed E-state index contributed by atoms with van der Waals surface area (Å²) < 4.78 is 13.0. The van der Waals surface area contributed by atoms with Gasteiger partial charge in [-0.15, -0.1) is 0 Å². The van der Waals surface area contributed by atoms with E-state index in [1.165, 1.54) is 12.1 Å². The number of anilines is 2. The second-order valence-electron chi connectivity index (χ2n) is 5.15. The Hall–Kier alpha value is -2.01. The Morgan fingerprint density at radius 2 is 1.76 bits per heavy atom. The molecule has 1 heterocycles. The van der Waals surface area contributed by atoms with E-state index in [1.807, 2.05) is 24.2 Å². The first kappa shape index (κ1) is 15.4. The van der Waals surface area contributed by atoms with Gasteiger partial charge >= 0.3 is 0 Å². The SMILES string of the molecule is CCN(c1ccc(F)cc1)c1ncc(CNC(C)C)cn1. The van der Waals surface area contributed by atoms with Crippen LogP contribution < -0.4 is 10.2 Å². The summed E-state index contributed by atoms with van der Waals surface area (Å²) in [4.78, 5) is 10.8. The van der Waals surface area contributed by atoms with Gasteiger partial charge in [0, 0.05) is 42.8 Å². The molecule has 1 aromatic carbocycles. The van der Waals surface area contributed by atoms with Crippen LogP contribution in [0.25, 0.3) is 0 Å². The van der Waals surface area contributed by atoms with Crippen molar-refractivity contribution < 1.29 is 4.39 Å². The number of halogens is 1. The molecule has 21 heavy (non-hydrogen) atoms. The van der Waals surface area contributed by atoms with E-state index in [2.05, 4.69) is 29.1 Å². The first-order valence-corrected chi connectivity index (χ1v) is 7.17. The van der Waals surface area contributed by atoms with Crippen molar-refractivity contribution in [1.29, 1.82) is 0 Å². The molecule has 0 radical (unpaired) electrons. The molecule has 0 fully saturated rings. The van der Waals surface area contributed by atoms with E-state index < -0.39 is 0 Å². The van der Waals surface area contributed by atoms with Gasteiger partial charge in [0.05, 0.1) is 0 Å². The molecule has 0 aliphatic rings. The van der Waals surface area contributed by atoms with Crippen LogP contribution in [-0.4, -0.2) is 22.6 Å². The van der Waals surface area contributed by atoms with E-state index in [4.69, 9.17) is 0 Å². The third-order valence-electron chi connectivity index (χ3n) is 3.10. The van der Waals surface area contributed by atoms with Crippen LogP contribution in [0.5, 0.6) is 0 Å². The molecule has 2 rings (SSSR count). The molecule has 112 valence electrons. The number of nitrogens with one attached hydrogen (secondary N) is 1.